The van der Waals surface area contributed by atoms with Gasteiger partial charge in [0.1, 0.15) is 11.5 Å². The molecule has 0 unspecified atom stereocenters. The van der Waals surface area contributed by atoms with Crippen LogP contribution in [-0.4, -0.2) is 26.6 Å². The average Bonchev–Trinajstić information content (AvgIpc) is 2.95. The minimum Gasteiger partial charge on any atom is -0.508 e. The number of hydrogen-bond donors (Lipinski definition) is 3. The third-order valence-corrected chi connectivity index (χ3v) is 3.75. The summed E-state index contributed by atoms with van der Waals surface area (Å²) in [6.45, 7) is 0. The van der Waals surface area contributed by atoms with E-state index < -0.39 is 0 Å². The Labute approximate surface area is 130 Å². The molecule has 1 aromatic heterocycles. The highest BCUT2D eigenvalue weighted by Crippen LogP contribution is 2.34. The maximum Gasteiger partial charge on any atom is 0.231 e. The van der Waals surface area contributed by atoms with E-state index in [1.807, 2.05) is 0 Å². The van der Waals surface area contributed by atoms with Crippen LogP contribution in [0.5, 0.6) is 11.5 Å². The van der Waals surface area contributed by atoms with E-state index >= 15 is 0 Å². The van der Waals surface area contributed by atoms with Crippen molar-refractivity contribution >= 4 is 28.4 Å². The van der Waals surface area contributed by atoms with E-state index in [9.17, 15) is 10.2 Å². The highest BCUT2D eigenvalue weighted by molar-refractivity contribution is 7.18. The van der Waals surface area contributed by atoms with E-state index in [4.69, 9.17) is 5.73 Å². The largest absolute Gasteiger partial charge is 0.508 e. The van der Waals surface area contributed by atoms with Gasteiger partial charge in [-0.2, -0.15) is 0 Å². The summed E-state index contributed by atoms with van der Waals surface area (Å²) < 4.78 is 0. The molecule has 1 heterocycles. The number of aliphatic imine (C=N–C) groups is 1. The van der Waals surface area contributed by atoms with Crippen LogP contribution < -0.4 is 5.73 Å². The van der Waals surface area contributed by atoms with Crippen LogP contribution in [0.25, 0.3) is 10.6 Å². The third-order valence-electron chi connectivity index (χ3n) is 2.88. The lowest BCUT2D eigenvalue weighted by molar-refractivity contribution is 0.475. The zero-order valence-corrected chi connectivity index (χ0v) is 12.2. The van der Waals surface area contributed by atoms with Crippen molar-refractivity contribution in [2.24, 2.45) is 4.99 Å². The third kappa shape index (κ3) is 3.04. The summed E-state index contributed by atoms with van der Waals surface area (Å²) in [5.74, 6) is 0.263. The van der Waals surface area contributed by atoms with Crippen LogP contribution in [0, 0.1) is 0 Å². The molecule has 0 radical (unpaired) electrons. The summed E-state index contributed by atoms with van der Waals surface area (Å²) in [6.07, 6.45) is 1.63. The first-order chi connectivity index (χ1) is 10.6. The van der Waals surface area contributed by atoms with E-state index in [-0.39, 0.29) is 11.5 Å². The van der Waals surface area contributed by atoms with Gasteiger partial charge in [-0.1, -0.05) is 11.3 Å². The molecule has 3 rings (SSSR count). The van der Waals surface area contributed by atoms with Gasteiger partial charge in [0, 0.05) is 18.0 Å². The lowest BCUT2D eigenvalue weighted by Gasteiger charge is -2.00. The first kappa shape index (κ1) is 14.0. The van der Waals surface area contributed by atoms with Gasteiger partial charge in [0.15, 0.2) is 5.01 Å². The Balaban J connectivity index is 1.83. The summed E-state index contributed by atoms with van der Waals surface area (Å²) in [5.41, 5.74) is 7.49. The van der Waals surface area contributed by atoms with Gasteiger partial charge < -0.3 is 15.9 Å². The molecule has 0 saturated heterocycles. The van der Waals surface area contributed by atoms with Crippen molar-refractivity contribution in [1.29, 1.82) is 0 Å². The SMILES string of the molecule is Nc1ccc(-c2nnc(/N=C/c3ccc(O)cc3)s2)c(O)c1. The number of aromatic hydroxyl groups is 2. The van der Waals surface area contributed by atoms with E-state index in [0.717, 1.165) is 5.56 Å². The Bertz CT molecular complexity index is 828. The molecule has 0 aliphatic carbocycles. The zero-order valence-electron chi connectivity index (χ0n) is 11.3. The number of anilines is 1. The van der Waals surface area contributed by atoms with Gasteiger partial charge in [0.05, 0.1) is 5.56 Å². The van der Waals surface area contributed by atoms with Crippen LogP contribution in [0.4, 0.5) is 10.8 Å². The van der Waals surface area contributed by atoms with Gasteiger partial charge in [-0.15, -0.1) is 10.2 Å². The Morgan fingerprint density at radius 1 is 1.05 bits per heavy atom. The fraction of sp³-hybridized carbons (Fsp3) is 0. The summed E-state index contributed by atoms with van der Waals surface area (Å²) in [7, 11) is 0. The summed E-state index contributed by atoms with van der Waals surface area (Å²) in [5, 5.41) is 28.1. The normalized spacial score (nSPS) is 11.1. The molecule has 0 aliphatic rings. The van der Waals surface area contributed by atoms with Gasteiger partial charge in [-0.3, -0.25) is 0 Å². The van der Waals surface area contributed by atoms with Crippen LogP contribution in [0.3, 0.4) is 0 Å². The molecule has 7 heteroatoms. The van der Waals surface area contributed by atoms with Crippen molar-refractivity contribution in [3.05, 3.63) is 48.0 Å². The molecule has 2 aromatic carbocycles. The topological polar surface area (TPSA) is 105 Å². The standard InChI is InChI=1S/C15H12N4O2S/c16-10-3-6-12(13(21)7-10)14-18-19-15(22-14)17-8-9-1-4-11(20)5-2-9/h1-8,20-21H,16H2/b17-8+. The lowest BCUT2D eigenvalue weighted by Crippen LogP contribution is -1.85. The number of aromatic nitrogens is 2. The average molecular weight is 312 g/mol. The van der Waals surface area contributed by atoms with E-state index in [2.05, 4.69) is 15.2 Å². The van der Waals surface area contributed by atoms with Gasteiger partial charge in [0.25, 0.3) is 0 Å². The number of nitrogens with zero attached hydrogens (tertiary/aromatic N) is 3. The first-order valence-corrected chi connectivity index (χ1v) is 7.19. The Morgan fingerprint density at radius 2 is 1.82 bits per heavy atom. The predicted octanol–water partition coefficient (Wildman–Crippen LogP) is 2.95. The number of phenolic OH excluding ortho intramolecular Hbond substituents is 2. The molecule has 0 amide bonds. The monoisotopic (exact) mass is 312 g/mol. The number of benzene rings is 2. The quantitative estimate of drug-likeness (QED) is 0.509. The summed E-state index contributed by atoms with van der Waals surface area (Å²) in [6, 6.07) is 11.5. The fourth-order valence-corrected chi connectivity index (χ4v) is 2.52. The number of nitrogens with two attached hydrogens (primary N) is 1. The predicted molar refractivity (Wildman–Crippen MR) is 86.8 cm³/mol. The molecule has 4 N–H and O–H groups in total. The second kappa shape index (κ2) is 5.82. The van der Waals surface area contributed by atoms with E-state index in [0.29, 0.717) is 21.4 Å². The number of phenols is 2. The maximum atomic E-state index is 9.88. The van der Waals surface area contributed by atoms with Gasteiger partial charge >= 0.3 is 0 Å². The second-order valence-electron chi connectivity index (χ2n) is 4.52. The number of hydrogen-bond acceptors (Lipinski definition) is 7. The molecule has 6 nitrogen and oxygen atoms in total. The molecule has 0 atom stereocenters. The van der Waals surface area contributed by atoms with E-state index in [1.54, 1.807) is 42.6 Å². The molecule has 0 saturated carbocycles. The molecule has 0 fully saturated rings. The molecule has 0 spiro atoms. The Hall–Kier alpha value is -2.93. The number of rotatable bonds is 3. The van der Waals surface area contributed by atoms with Crippen molar-refractivity contribution in [3.8, 4) is 22.1 Å². The molecule has 0 bridgehead atoms. The highest BCUT2D eigenvalue weighted by atomic mass is 32.1. The van der Waals surface area contributed by atoms with Crippen LogP contribution in [0.1, 0.15) is 5.56 Å². The van der Waals surface area contributed by atoms with Crippen molar-refractivity contribution in [1.82, 2.24) is 10.2 Å². The summed E-state index contributed by atoms with van der Waals surface area (Å²) in [4.78, 5) is 4.23. The second-order valence-corrected chi connectivity index (χ2v) is 5.47. The molecule has 110 valence electrons. The van der Waals surface area contributed by atoms with Crippen molar-refractivity contribution in [2.45, 2.75) is 0 Å². The summed E-state index contributed by atoms with van der Waals surface area (Å²) >= 11 is 1.26. The Morgan fingerprint density at radius 3 is 2.55 bits per heavy atom. The van der Waals surface area contributed by atoms with Crippen LogP contribution >= 0.6 is 11.3 Å². The van der Waals surface area contributed by atoms with Crippen molar-refractivity contribution < 1.29 is 10.2 Å². The van der Waals surface area contributed by atoms with Crippen LogP contribution in [0.2, 0.25) is 0 Å². The zero-order chi connectivity index (χ0) is 15.5. The minimum absolute atomic E-state index is 0.0604. The van der Waals surface area contributed by atoms with Gasteiger partial charge in [-0.25, -0.2) is 4.99 Å². The Kier molecular flexibility index (Phi) is 3.71. The molecule has 0 aliphatic heterocycles. The smallest absolute Gasteiger partial charge is 0.231 e. The molecule has 22 heavy (non-hydrogen) atoms. The van der Waals surface area contributed by atoms with Crippen molar-refractivity contribution in [3.63, 3.8) is 0 Å². The van der Waals surface area contributed by atoms with E-state index in [1.165, 1.54) is 17.4 Å². The molecular formula is C15H12N4O2S. The molecular weight excluding hydrogens is 300 g/mol. The first-order valence-electron chi connectivity index (χ1n) is 6.37. The lowest BCUT2D eigenvalue weighted by atomic mass is 10.2. The van der Waals surface area contributed by atoms with Crippen LogP contribution in [0.15, 0.2) is 47.5 Å². The van der Waals surface area contributed by atoms with Gasteiger partial charge in [-0.05, 0) is 42.0 Å². The van der Waals surface area contributed by atoms with Crippen molar-refractivity contribution in [2.75, 3.05) is 5.73 Å². The van der Waals surface area contributed by atoms with Gasteiger partial charge in [0.2, 0.25) is 5.13 Å². The minimum atomic E-state index is 0.0604. The molecule has 3 aromatic rings. The van der Waals surface area contributed by atoms with Crippen LogP contribution in [-0.2, 0) is 0 Å². The number of nitrogen functional groups attached to an aromatic ring is 1. The fourth-order valence-electron chi connectivity index (χ4n) is 1.80. The maximum absolute atomic E-state index is 9.88. The highest BCUT2D eigenvalue weighted by Gasteiger charge is 2.10.